The Hall–Kier alpha value is -2.86. The molecule has 1 saturated carbocycles. The predicted molar refractivity (Wildman–Crippen MR) is 153 cm³/mol. The monoisotopic (exact) mass is 521 g/mol. The van der Waals surface area contributed by atoms with Gasteiger partial charge in [-0.25, -0.2) is 4.79 Å². The van der Waals surface area contributed by atoms with Crippen molar-refractivity contribution in [3.63, 3.8) is 0 Å². The largest absolute Gasteiger partial charge is 0.460 e. The fourth-order valence-corrected chi connectivity index (χ4v) is 7.79. The van der Waals surface area contributed by atoms with Crippen LogP contribution in [-0.2, 0) is 14.3 Å². The maximum absolute atomic E-state index is 13.3. The van der Waals surface area contributed by atoms with Gasteiger partial charge in [0.05, 0.1) is 0 Å². The Morgan fingerprint density at radius 2 is 1.54 bits per heavy atom. The molecule has 0 radical (unpaired) electrons. The maximum Gasteiger partial charge on any atom is 0.411 e. The summed E-state index contributed by atoms with van der Waals surface area (Å²) in [5, 5.41) is 2.44. The highest BCUT2D eigenvalue weighted by atomic mass is 28.3. The summed E-state index contributed by atoms with van der Waals surface area (Å²) in [5.74, 6) is -0.197. The Kier molecular flexibility index (Phi) is 9.77. The van der Waals surface area contributed by atoms with E-state index < -0.39 is 19.8 Å². The van der Waals surface area contributed by atoms with Crippen LogP contribution in [0.25, 0.3) is 0 Å². The van der Waals surface area contributed by atoms with Crippen LogP contribution in [0.15, 0.2) is 71.9 Å². The molecule has 0 saturated heterocycles. The highest BCUT2D eigenvalue weighted by molar-refractivity contribution is 6.95. The van der Waals surface area contributed by atoms with Gasteiger partial charge in [-0.3, -0.25) is 9.69 Å². The molecule has 2 aromatic rings. The third-order valence-corrected chi connectivity index (χ3v) is 11.0. The molecule has 0 heterocycles. The van der Waals surface area contributed by atoms with Gasteiger partial charge in [-0.05, 0) is 52.5 Å². The van der Waals surface area contributed by atoms with Crippen LogP contribution >= 0.6 is 0 Å². The summed E-state index contributed by atoms with van der Waals surface area (Å²) in [5.41, 5.74) is 0.541. The van der Waals surface area contributed by atoms with E-state index in [0.717, 1.165) is 30.9 Å². The molecule has 1 amide bonds. The van der Waals surface area contributed by atoms with Crippen molar-refractivity contribution in [3.05, 3.63) is 77.5 Å². The quantitative estimate of drug-likeness (QED) is 0.290. The molecule has 1 aliphatic carbocycles. The van der Waals surface area contributed by atoms with Gasteiger partial charge in [-0.2, -0.15) is 0 Å². The molecule has 0 N–H and O–H groups in total. The molecule has 1 aliphatic rings. The van der Waals surface area contributed by atoms with Gasteiger partial charge in [-0.15, -0.1) is 0 Å². The first kappa shape index (κ1) is 28.7. The SMILES string of the molecule is C/C=C(/CN(CC(=O)O[C@@H]1CCCC[C@H]1c1ccccc1)C(=O)OC(C)(C)C)[Si](C)(C)c1ccccc1. The zero-order chi connectivity index (χ0) is 27.1. The Morgan fingerprint density at radius 3 is 2.14 bits per heavy atom. The Labute approximate surface area is 223 Å². The van der Waals surface area contributed by atoms with Gasteiger partial charge in [0.1, 0.15) is 26.3 Å². The van der Waals surface area contributed by atoms with Gasteiger partial charge in [0.15, 0.2) is 0 Å². The van der Waals surface area contributed by atoms with Gasteiger partial charge in [0.2, 0.25) is 0 Å². The number of allylic oxidation sites excluding steroid dienone is 1. The average molecular weight is 522 g/mol. The standard InChI is InChI=1S/C31H43NO4Si/c1-7-25(37(5,6)26-18-12-9-13-19-26)22-32(30(34)36-31(2,3)4)23-29(33)35-28-21-15-14-20-27(28)24-16-10-8-11-17-24/h7-13,16-19,27-28H,14-15,20-23H2,1-6H3/b25-7-/t27-,28+/m0/s1. The van der Waals surface area contributed by atoms with Crippen molar-refractivity contribution < 1.29 is 19.1 Å². The van der Waals surface area contributed by atoms with Crippen molar-refractivity contribution in [2.45, 2.75) is 84.1 Å². The van der Waals surface area contributed by atoms with Crippen LogP contribution in [0, 0.1) is 0 Å². The van der Waals surface area contributed by atoms with Crippen molar-refractivity contribution in [1.29, 1.82) is 0 Å². The predicted octanol–water partition coefficient (Wildman–Crippen LogP) is 6.59. The van der Waals surface area contributed by atoms with Crippen molar-refractivity contribution in [1.82, 2.24) is 4.90 Å². The molecule has 0 bridgehead atoms. The minimum Gasteiger partial charge on any atom is -0.460 e. The lowest BCUT2D eigenvalue weighted by Crippen LogP contribution is -2.50. The average Bonchev–Trinajstić information content (AvgIpc) is 2.86. The van der Waals surface area contributed by atoms with E-state index >= 15 is 0 Å². The summed E-state index contributed by atoms with van der Waals surface area (Å²) in [6.07, 6.45) is 5.42. The maximum atomic E-state index is 13.3. The molecular formula is C31H43NO4Si. The Balaban J connectivity index is 1.78. The minimum atomic E-state index is -2.07. The lowest BCUT2D eigenvalue weighted by Gasteiger charge is -2.34. The molecule has 3 rings (SSSR count). The number of benzene rings is 2. The first-order valence-electron chi connectivity index (χ1n) is 13.4. The summed E-state index contributed by atoms with van der Waals surface area (Å²) in [6, 6.07) is 20.7. The van der Waals surface area contributed by atoms with Gasteiger partial charge in [0, 0.05) is 12.5 Å². The first-order valence-corrected chi connectivity index (χ1v) is 16.4. The normalized spacial score (nSPS) is 18.7. The third-order valence-electron chi connectivity index (χ3n) is 7.19. The number of rotatable bonds is 8. The molecule has 0 aromatic heterocycles. The van der Waals surface area contributed by atoms with Gasteiger partial charge < -0.3 is 9.47 Å². The number of carbonyl (C=O) groups excluding carboxylic acids is 2. The second-order valence-corrected chi connectivity index (χ2v) is 15.9. The highest BCUT2D eigenvalue weighted by Crippen LogP contribution is 2.35. The molecule has 1 fully saturated rings. The summed E-state index contributed by atoms with van der Waals surface area (Å²) < 4.78 is 11.8. The van der Waals surface area contributed by atoms with Crippen LogP contribution in [0.5, 0.6) is 0 Å². The van der Waals surface area contributed by atoms with Gasteiger partial charge >= 0.3 is 12.1 Å². The lowest BCUT2D eigenvalue weighted by atomic mass is 9.81. The van der Waals surface area contributed by atoms with Crippen molar-refractivity contribution >= 4 is 25.3 Å². The summed E-state index contributed by atoms with van der Waals surface area (Å²) >= 11 is 0. The van der Waals surface area contributed by atoms with E-state index in [9.17, 15) is 9.59 Å². The van der Waals surface area contributed by atoms with E-state index in [4.69, 9.17) is 9.47 Å². The topological polar surface area (TPSA) is 55.8 Å². The van der Waals surface area contributed by atoms with E-state index in [1.54, 1.807) is 0 Å². The van der Waals surface area contributed by atoms with Crippen LogP contribution in [0.2, 0.25) is 13.1 Å². The van der Waals surface area contributed by atoms with Crippen molar-refractivity contribution in [2.24, 2.45) is 0 Å². The third kappa shape index (κ3) is 8.06. The number of carbonyl (C=O) groups is 2. The van der Waals surface area contributed by atoms with E-state index in [-0.39, 0.29) is 24.5 Å². The van der Waals surface area contributed by atoms with Gasteiger partial charge in [-0.1, -0.05) is 96.6 Å². The molecule has 0 unspecified atom stereocenters. The van der Waals surface area contributed by atoms with Gasteiger partial charge in [0.25, 0.3) is 0 Å². The Morgan fingerprint density at radius 1 is 0.946 bits per heavy atom. The molecule has 6 heteroatoms. The number of amides is 1. The minimum absolute atomic E-state index is 0.135. The second-order valence-electron chi connectivity index (χ2n) is 11.5. The fraction of sp³-hybridized carbons (Fsp3) is 0.484. The molecule has 0 spiro atoms. The van der Waals surface area contributed by atoms with Crippen molar-refractivity contribution in [3.8, 4) is 0 Å². The van der Waals surface area contributed by atoms with E-state index in [1.807, 2.05) is 64.1 Å². The number of hydrogen-bond donors (Lipinski definition) is 0. The highest BCUT2D eigenvalue weighted by Gasteiger charge is 2.34. The molecule has 37 heavy (non-hydrogen) atoms. The zero-order valence-corrected chi connectivity index (χ0v) is 24.3. The van der Waals surface area contributed by atoms with Crippen LogP contribution in [-0.4, -0.2) is 49.8 Å². The molecule has 200 valence electrons. The molecule has 2 atom stereocenters. The molecule has 0 aliphatic heterocycles. The molecule has 5 nitrogen and oxygen atoms in total. The lowest BCUT2D eigenvalue weighted by molar-refractivity contribution is -0.152. The molecule has 2 aromatic carbocycles. The number of ether oxygens (including phenoxy) is 2. The summed E-state index contributed by atoms with van der Waals surface area (Å²) in [4.78, 5) is 28.1. The summed E-state index contributed by atoms with van der Waals surface area (Å²) in [7, 11) is -2.07. The van der Waals surface area contributed by atoms with Crippen LogP contribution in [0.4, 0.5) is 4.79 Å². The van der Waals surface area contributed by atoms with Crippen molar-refractivity contribution in [2.75, 3.05) is 13.1 Å². The first-order chi connectivity index (χ1) is 17.5. The number of esters is 1. The Bertz CT molecular complexity index is 1060. The number of nitrogens with zero attached hydrogens (tertiary/aromatic N) is 1. The zero-order valence-electron chi connectivity index (χ0n) is 23.3. The second kappa shape index (κ2) is 12.6. The van der Waals surface area contributed by atoms with E-state index in [0.29, 0.717) is 6.54 Å². The van der Waals surface area contributed by atoms with Crippen LogP contribution < -0.4 is 5.19 Å². The number of hydrogen-bond acceptors (Lipinski definition) is 4. The fourth-order valence-electron chi connectivity index (χ4n) is 5.09. The smallest absolute Gasteiger partial charge is 0.411 e. The molecular weight excluding hydrogens is 478 g/mol. The van der Waals surface area contributed by atoms with E-state index in [1.165, 1.54) is 15.7 Å². The van der Waals surface area contributed by atoms with Crippen LogP contribution in [0.1, 0.15) is 64.9 Å². The summed E-state index contributed by atoms with van der Waals surface area (Å²) in [6.45, 7) is 12.3. The van der Waals surface area contributed by atoms with E-state index in [2.05, 4.69) is 43.4 Å². The van der Waals surface area contributed by atoms with Crippen LogP contribution in [0.3, 0.4) is 0 Å².